The van der Waals surface area contributed by atoms with Crippen molar-refractivity contribution >= 4 is 27.6 Å². The number of hydrogen-bond donors (Lipinski definition) is 2. The molecular weight excluding hydrogens is 502 g/mol. The van der Waals surface area contributed by atoms with Crippen LogP contribution in [0.25, 0.3) is 0 Å². The smallest absolute Gasteiger partial charge is 0.407 e. The summed E-state index contributed by atoms with van der Waals surface area (Å²) < 4.78 is 36.1. The number of sulfonamides is 1. The molecule has 2 atom stereocenters. The molecule has 38 heavy (non-hydrogen) atoms. The van der Waals surface area contributed by atoms with Gasteiger partial charge in [0.25, 0.3) is 0 Å². The lowest BCUT2D eigenvalue weighted by Crippen LogP contribution is -2.48. The lowest BCUT2D eigenvalue weighted by Gasteiger charge is -2.38. The highest BCUT2D eigenvalue weighted by Gasteiger charge is 2.39. The fourth-order valence-electron chi connectivity index (χ4n) is 5.40. The summed E-state index contributed by atoms with van der Waals surface area (Å²) in [4.78, 5) is 12.4. The number of nitrogens with one attached hydrogen (secondary N) is 2. The number of nitrogens with zero attached hydrogens (tertiary/aromatic N) is 3. The standard InChI is InChI=1S/C28H43N5O4S/c1-18(2)29-26(34)37-20-13-12-19(16-20)23-17-25(33(31-23)28(6,7)8)30-22-10-9-11-24-21(22)14-15-32(27(3,4)5)38(24,35)36/h9-11,17-20,30H,12-16H2,1-8H3,(H,29,34)/t19-,20+/m0/s1. The van der Waals surface area contributed by atoms with Gasteiger partial charge in [-0.1, -0.05) is 6.07 Å². The Kier molecular flexibility index (Phi) is 7.62. The molecule has 0 spiro atoms. The highest BCUT2D eigenvalue weighted by molar-refractivity contribution is 7.89. The highest BCUT2D eigenvalue weighted by atomic mass is 32.2. The van der Waals surface area contributed by atoms with Crippen LogP contribution in [0.1, 0.15) is 91.8 Å². The van der Waals surface area contributed by atoms with Crippen LogP contribution < -0.4 is 10.6 Å². The van der Waals surface area contributed by atoms with Crippen LogP contribution >= 0.6 is 0 Å². The average molecular weight is 546 g/mol. The summed E-state index contributed by atoms with van der Waals surface area (Å²) in [5, 5.41) is 11.3. The lowest BCUT2D eigenvalue weighted by molar-refractivity contribution is 0.0981. The van der Waals surface area contributed by atoms with Gasteiger partial charge >= 0.3 is 6.09 Å². The molecule has 2 heterocycles. The van der Waals surface area contributed by atoms with Crippen molar-refractivity contribution in [2.24, 2.45) is 0 Å². The second kappa shape index (κ2) is 10.2. The third-order valence-corrected chi connectivity index (χ3v) is 9.37. The number of anilines is 2. The number of fused-ring (bicyclic) bond motifs is 1. The van der Waals surface area contributed by atoms with E-state index in [1.807, 2.05) is 45.4 Å². The van der Waals surface area contributed by atoms with Gasteiger partial charge in [0.2, 0.25) is 10.0 Å². The molecule has 4 rings (SSSR count). The van der Waals surface area contributed by atoms with Crippen molar-refractivity contribution in [2.75, 3.05) is 11.9 Å². The number of carbonyl (C=O) groups excluding carboxylic acids is 1. The number of ether oxygens (including phenoxy) is 1. The SMILES string of the molecule is CC(C)NC(=O)O[C@@H]1CC[C@H](c2cc(Nc3cccc4c3CCN(C(C)(C)C)S4(=O)=O)n(C(C)(C)C)n2)C1. The Balaban J connectivity index is 1.60. The Morgan fingerprint density at radius 2 is 1.82 bits per heavy atom. The molecule has 1 aromatic carbocycles. The van der Waals surface area contributed by atoms with Gasteiger partial charge in [-0.15, -0.1) is 0 Å². The van der Waals surface area contributed by atoms with Crippen LogP contribution in [0.4, 0.5) is 16.3 Å². The van der Waals surface area contributed by atoms with Crippen molar-refractivity contribution in [1.29, 1.82) is 0 Å². The van der Waals surface area contributed by atoms with Crippen molar-refractivity contribution in [2.45, 2.75) is 115 Å². The Bertz CT molecular complexity index is 1290. The maximum atomic E-state index is 13.5. The van der Waals surface area contributed by atoms with Crippen molar-refractivity contribution in [1.82, 2.24) is 19.4 Å². The van der Waals surface area contributed by atoms with Crippen LogP contribution in [-0.2, 0) is 26.7 Å². The first-order valence-corrected chi connectivity index (χ1v) is 15.0. The number of carbonyl (C=O) groups is 1. The van der Waals surface area contributed by atoms with E-state index < -0.39 is 15.6 Å². The molecule has 1 aromatic heterocycles. The van der Waals surface area contributed by atoms with Gasteiger partial charge < -0.3 is 15.4 Å². The van der Waals surface area contributed by atoms with E-state index in [4.69, 9.17) is 9.84 Å². The van der Waals surface area contributed by atoms with Gasteiger partial charge in [0, 0.05) is 35.8 Å². The Morgan fingerprint density at radius 3 is 2.45 bits per heavy atom. The topological polar surface area (TPSA) is 106 Å². The minimum atomic E-state index is -3.60. The highest BCUT2D eigenvalue weighted by Crippen LogP contribution is 2.40. The average Bonchev–Trinajstić information content (AvgIpc) is 3.39. The number of aromatic nitrogens is 2. The van der Waals surface area contributed by atoms with Gasteiger partial charge in [-0.3, -0.25) is 0 Å². The van der Waals surface area contributed by atoms with E-state index in [9.17, 15) is 13.2 Å². The van der Waals surface area contributed by atoms with E-state index in [1.165, 1.54) is 0 Å². The van der Waals surface area contributed by atoms with Crippen LogP contribution in [0.5, 0.6) is 0 Å². The van der Waals surface area contributed by atoms with Gasteiger partial charge in [-0.05, 0) is 98.8 Å². The number of hydrogen-bond acceptors (Lipinski definition) is 6. The molecule has 1 amide bonds. The molecule has 0 unspecified atom stereocenters. The molecule has 9 nitrogen and oxygen atoms in total. The third kappa shape index (κ3) is 5.86. The predicted octanol–water partition coefficient (Wildman–Crippen LogP) is 5.50. The monoisotopic (exact) mass is 545 g/mol. The molecule has 0 bridgehead atoms. The molecule has 1 aliphatic carbocycles. The Morgan fingerprint density at radius 1 is 1.11 bits per heavy atom. The molecule has 2 N–H and O–H groups in total. The molecular formula is C28H43N5O4S. The Hall–Kier alpha value is -2.59. The summed E-state index contributed by atoms with van der Waals surface area (Å²) in [5.74, 6) is 1.000. The molecule has 1 saturated carbocycles. The van der Waals surface area contributed by atoms with E-state index in [1.54, 1.807) is 16.4 Å². The molecule has 10 heteroatoms. The van der Waals surface area contributed by atoms with Crippen LogP contribution in [-0.4, -0.2) is 52.8 Å². The quantitative estimate of drug-likeness (QED) is 0.514. The van der Waals surface area contributed by atoms with Gasteiger partial charge in [-0.25, -0.2) is 17.9 Å². The zero-order valence-electron chi connectivity index (χ0n) is 24.0. The summed E-state index contributed by atoms with van der Waals surface area (Å²) in [6.07, 6.45) is 2.55. The lowest BCUT2D eigenvalue weighted by atomic mass is 10.0. The predicted molar refractivity (Wildman–Crippen MR) is 149 cm³/mol. The van der Waals surface area contributed by atoms with Crippen LogP contribution in [0.15, 0.2) is 29.2 Å². The fourth-order valence-corrected chi connectivity index (χ4v) is 7.47. The van der Waals surface area contributed by atoms with E-state index in [0.717, 1.165) is 42.0 Å². The molecule has 210 valence electrons. The normalized spacial score (nSPS) is 21.8. The first kappa shape index (κ1) is 28.4. The molecule has 2 aromatic rings. The van der Waals surface area contributed by atoms with E-state index in [2.05, 4.69) is 37.5 Å². The largest absolute Gasteiger partial charge is 0.446 e. The van der Waals surface area contributed by atoms with Crippen LogP contribution in [0, 0.1) is 0 Å². The maximum absolute atomic E-state index is 13.5. The summed E-state index contributed by atoms with van der Waals surface area (Å²) in [6.45, 7) is 16.3. The number of benzene rings is 1. The van der Waals surface area contributed by atoms with Crippen molar-refractivity contribution in [3.05, 3.63) is 35.5 Å². The fraction of sp³-hybridized carbons (Fsp3) is 0.643. The molecule has 2 aliphatic rings. The van der Waals surface area contributed by atoms with Crippen molar-refractivity contribution in [3.63, 3.8) is 0 Å². The number of alkyl carbamates (subject to hydrolysis) is 1. The third-order valence-electron chi connectivity index (χ3n) is 7.12. The maximum Gasteiger partial charge on any atom is 0.407 e. The van der Waals surface area contributed by atoms with Gasteiger partial charge in [0.15, 0.2) is 0 Å². The van der Waals surface area contributed by atoms with E-state index in [0.29, 0.717) is 17.9 Å². The summed E-state index contributed by atoms with van der Waals surface area (Å²) in [7, 11) is -3.60. The summed E-state index contributed by atoms with van der Waals surface area (Å²) >= 11 is 0. The van der Waals surface area contributed by atoms with Crippen molar-refractivity contribution in [3.8, 4) is 0 Å². The zero-order chi connectivity index (χ0) is 28.0. The van der Waals surface area contributed by atoms with Gasteiger partial charge in [-0.2, -0.15) is 9.40 Å². The van der Waals surface area contributed by atoms with E-state index in [-0.39, 0.29) is 29.7 Å². The first-order valence-electron chi connectivity index (χ1n) is 13.6. The first-order chi connectivity index (χ1) is 17.6. The molecule has 1 aliphatic heterocycles. The van der Waals surface area contributed by atoms with E-state index >= 15 is 0 Å². The molecule has 0 radical (unpaired) electrons. The zero-order valence-corrected chi connectivity index (χ0v) is 24.8. The second-order valence-electron chi connectivity index (χ2n) is 12.8. The summed E-state index contributed by atoms with van der Waals surface area (Å²) in [6, 6.07) is 7.53. The van der Waals surface area contributed by atoms with Crippen molar-refractivity contribution < 1.29 is 17.9 Å². The molecule has 0 saturated heterocycles. The minimum Gasteiger partial charge on any atom is -0.446 e. The van der Waals surface area contributed by atoms with Gasteiger partial charge in [0.1, 0.15) is 11.9 Å². The summed E-state index contributed by atoms with van der Waals surface area (Å²) in [5.41, 5.74) is 1.76. The number of amides is 1. The van der Waals surface area contributed by atoms with Crippen LogP contribution in [0.2, 0.25) is 0 Å². The van der Waals surface area contributed by atoms with Gasteiger partial charge in [0.05, 0.1) is 16.1 Å². The number of rotatable bonds is 5. The Labute approximate surface area is 227 Å². The second-order valence-corrected chi connectivity index (χ2v) is 14.6. The minimum absolute atomic E-state index is 0.0334. The van der Waals surface area contributed by atoms with Crippen LogP contribution in [0.3, 0.4) is 0 Å². The molecule has 1 fully saturated rings.